The highest BCUT2D eigenvalue weighted by atomic mass is 32.1. The van der Waals surface area contributed by atoms with Crippen molar-refractivity contribution >= 4 is 17.2 Å². The molecule has 124 valence electrons. The summed E-state index contributed by atoms with van der Waals surface area (Å²) in [6.45, 7) is 3.28. The molecule has 1 N–H and O–H groups in total. The highest BCUT2D eigenvalue weighted by Gasteiger charge is 2.37. The quantitative estimate of drug-likeness (QED) is 0.861. The van der Waals surface area contributed by atoms with Gasteiger partial charge in [-0.25, -0.2) is 0 Å². The van der Waals surface area contributed by atoms with Gasteiger partial charge in [0.1, 0.15) is 0 Å². The van der Waals surface area contributed by atoms with E-state index in [0.717, 1.165) is 11.3 Å². The number of aryl methyl sites for hydroxylation is 1. The Morgan fingerprint density at radius 3 is 3.09 bits per heavy atom. The van der Waals surface area contributed by atoms with Gasteiger partial charge in [0.2, 0.25) is 17.7 Å². The van der Waals surface area contributed by atoms with Crippen LogP contribution in [0.5, 0.6) is 0 Å². The van der Waals surface area contributed by atoms with Crippen LogP contribution in [-0.2, 0) is 16.1 Å². The first-order valence-electron chi connectivity index (χ1n) is 7.51. The summed E-state index contributed by atoms with van der Waals surface area (Å²) in [5, 5.41) is 12.9. The molecule has 0 radical (unpaired) electrons. The molecule has 2 atom stereocenters. The summed E-state index contributed by atoms with van der Waals surface area (Å²) in [6, 6.07) is 3.91. The van der Waals surface area contributed by atoms with E-state index < -0.39 is 0 Å². The average Bonchev–Trinajstić information content (AvgIpc) is 3.25. The monoisotopic (exact) mass is 336 g/mol. The smallest absolute Gasteiger partial charge is 0.234 e. The first kappa shape index (κ1) is 16.1. The van der Waals surface area contributed by atoms with E-state index >= 15 is 0 Å². The third-order valence-electron chi connectivity index (χ3n) is 3.91. The summed E-state index contributed by atoms with van der Waals surface area (Å²) in [6.07, 6.45) is 0.813. The number of carbonyl (C=O) groups is 1. The normalized spacial score (nSPS) is 21.7. The van der Waals surface area contributed by atoms with Crippen LogP contribution < -0.4 is 5.32 Å². The SMILES string of the molecule is CO[C@@H]1C[C@H](c2nnc(C)o2)N(CC(=O)NCc2cccs2)C1. The second-order valence-electron chi connectivity index (χ2n) is 5.55. The highest BCUT2D eigenvalue weighted by molar-refractivity contribution is 7.09. The zero-order chi connectivity index (χ0) is 16.2. The Morgan fingerprint density at radius 1 is 1.57 bits per heavy atom. The summed E-state index contributed by atoms with van der Waals surface area (Å²) < 4.78 is 11.0. The number of nitrogens with zero attached hydrogens (tertiary/aromatic N) is 3. The zero-order valence-corrected chi connectivity index (χ0v) is 14.0. The Hall–Kier alpha value is -1.77. The third-order valence-corrected chi connectivity index (χ3v) is 4.79. The van der Waals surface area contributed by atoms with Crippen molar-refractivity contribution in [2.24, 2.45) is 0 Å². The number of methoxy groups -OCH3 is 1. The van der Waals surface area contributed by atoms with E-state index in [2.05, 4.69) is 15.5 Å². The predicted octanol–water partition coefficient (Wildman–Crippen LogP) is 1.52. The molecule has 1 aliphatic rings. The highest BCUT2D eigenvalue weighted by Crippen LogP contribution is 2.32. The fourth-order valence-electron chi connectivity index (χ4n) is 2.75. The molecular formula is C15H20N4O3S. The van der Waals surface area contributed by atoms with Crippen LogP contribution in [0.25, 0.3) is 0 Å². The summed E-state index contributed by atoms with van der Waals surface area (Å²) in [5.74, 6) is 1.06. The second-order valence-corrected chi connectivity index (χ2v) is 6.59. The molecule has 1 amide bonds. The molecule has 2 aromatic heterocycles. The minimum absolute atomic E-state index is 0.0172. The fourth-order valence-corrected chi connectivity index (χ4v) is 3.39. The van der Waals surface area contributed by atoms with Crippen molar-refractivity contribution < 1.29 is 13.9 Å². The molecule has 0 aromatic carbocycles. The lowest BCUT2D eigenvalue weighted by Gasteiger charge is -2.20. The van der Waals surface area contributed by atoms with Gasteiger partial charge in [-0.3, -0.25) is 9.69 Å². The third kappa shape index (κ3) is 3.95. The van der Waals surface area contributed by atoms with Crippen molar-refractivity contribution in [1.29, 1.82) is 0 Å². The zero-order valence-electron chi connectivity index (χ0n) is 13.2. The number of nitrogens with one attached hydrogen (secondary N) is 1. The van der Waals surface area contributed by atoms with E-state index in [1.165, 1.54) is 0 Å². The first-order chi connectivity index (χ1) is 11.2. The number of hydrogen-bond donors (Lipinski definition) is 1. The van der Waals surface area contributed by atoms with E-state index in [9.17, 15) is 4.79 Å². The fraction of sp³-hybridized carbons (Fsp3) is 0.533. The second kappa shape index (κ2) is 7.20. The predicted molar refractivity (Wildman–Crippen MR) is 84.9 cm³/mol. The molecule has 0 bridgehead atoms. The number of amides is 1. The Balaban J connectivity index is 1.60. The van der Waals surface area contributed by atoms with Crippen molar-refractivity contribution in [2.45, 2.75) is 32.0 Å². The molecule has 2 aromatic rings. The van der Waals surface area contributed by atoms with Gasteiger partial charge in [0.05, 0.1) is 25.2 Å². The molecule has 3 heterocycles. The Kier molecular flexibility index (Phi) is 5.04. The van der Waals surface area contributed by atoms with Crippen LogP contribution in [-0.4, -0.2) is 47.3 Å². The molecule has 23 heavy (non-hydrogen) atoms. The van der Waals surface area contributed by atoms with Crippen LogP contribution >= 0.6 is 11.3 Å². The Morgan fingerprint density at radius 2 is 2.43 bits per heavy atom. The maximum atomic E-state index is 12.2. The van der Waals surface area contributed by atoms with Gasteiger partial charge in [0, 0.05) is 25.5 Å². The Labute approximate surface area is 138 Å². The van der Waals surface area contributed by atoms with Crippen LogP contribution in [0.2, 0.25) is 0 Å². The van der Waals surface area contributed by atoms with Crippen LogP contribution in [0.4, 0.5) is 0 Å². The minimum Gasteiger partial charge on any atom is -0.424 e. The van der Waals surface area contributed by atoms with Crippen LogP contribution in [0, 0.1) is 6.92 Å². The van der Waals surface area contributed by atoms with Gasteiger partial charge >= 0.3 is 0 Å². The van der Waals surface area contributed by atoms with E-state index in [1.807, 2.05) is 22.4 Å². The summed E-state index contributed by atoms with van der Waals surface area (Å²) in [4.78, 5) is 15.4. The molecule has 0 spiro atoms. The maximum Gasteiger partial charge on any atom is 0.234 e. The maximum absolute atomic E-state index is 12.2. The number of hydrogen-bond acceptors (Lipinski definition) is 7. The standard InChI is InChI=1S/C15H20N4O3S/c1-10-17-18-15(22-10)13-6-11(21-2)8-19(13)9-14(20)16-7-12-4-3-5-23-12/h3-5,11,13H,6-9H2,1-2H3,(H,16,20)/t11-,13-/m1/s1. The van der Waals surface area contributed by atoms with Crippen molar-refractivity contribution in [3.63, 3.8) is 0 Å². The molecule has 1 fully saturated rings. The number of carbonyl (C=O) groups excluding carboxylic acids is 1. The molecule has 0 aliphatic carbocycles. The van der Waals surface area contributed by atoms with Gasteiger partial charge in [-0.15, -0.1) is 21.5 Å². The number of ether oxygens (including phenoxy) is 1. The van der Waals surface area contributed by atoms with Crippen LogP contribution in [0.3, 0.4) is 0 Å². The molecule has 8 heteroatoms. The van der Waals surface area contributed by atoms with E-state index in [1.54, 1.807) is 25.4 Å². The lowest BCUT2D eigenvalue weighted by molar-refractivity contribution is -0.122. The molecule has 0 unspecified atom stereocenters. The number of likely N-dealkylation sites (tertiary alicyclic amines) is 1. The lowest BCUT2D eigenvalue weighted by atomic mass is 10.2. The number of aromatic nitrogens is 2. The van der Waals surface area contributed by atoms with Crippen molar-refractivity contribution in [2.75, 3.05) is 20.2 Å². The topological polar surface area (TPSA) is 80.5 Å². The summed E-state index contributed by atoms with van der Waals surface area (Å²) in [7, 11) is 1.68. The van der Waals surface area contributed by atoms with Gasteiger partial charge in [0.25, 0.3) is 0 Å². The van der Waals surface area contributed by atoms with Crippen LogP contribution in [0.15, 0.2) is 21.9 Å². The van der Waals surface area contributed by atoms with Gasteiger partial charge in [-0.1, -0.05) is 6.07 Å². The Bertz CT molecular complexity index is 643. The van der Waals surface area contributed by atoms with Crippen molar-refractivity contribution in [1.82, 2.24) is 20.4 Å². The largest absolute Gasteiger partial charge is 0.424 e. The molecule has 3 rings (SSSR count). The summed E-state index contributed by atoms with van der Waals surface area (Å²) in [5.41, 5.74) is 0. The van der Waals surface area contributed by atoms with E-state index in [-0.39, 0.29) is 24.6 Å². The minimum atomic E-state index is -0.0753. The molecule has 7 nitrogen and oxygen atoms in total. The molecule has 0 saturated carbocycles. The molecule has 1 saturated heterocycles. The average molecular weight is 336 g/mol. The van der Waals surface area contributed by atoms with Crippen LogP contribution in [0.1, 0.15) is 29.1 Å². The number of rotatable bonds is 6. The van der Waals surface area contributed by atoms with E-state index in [4.69, 9.17) is 9.15 Å². The lowest BCUT2D eigenvalue weighted by Crippen LogP contribution is -2.37. The van der Waals surface area contributed by atoms with Crippen molar-refractivity contribution in [3.8, 4) is 0 Å². The van der Waals surface area contributed by atoms with Gasteiger partial charge in [0.15, 0.2) is 0 Å². The van der Waals surface area contributed by atoms with E-state index in [0.29, 0.717) is 24.9 Å². The van der Waals surface area contributed by atoms with Gasteiger partial charge in [-0.2, -0.15) is 0 Å². The number of thiophene rings is 1. The van der Waals surface area contributed by atoms with Crippen molar-refractivity contribution in [3.05, 3.63) is 34.2 Å². The molecule has 1 aliphatic heterocycles. The van der Waals surface area contributed by atoms with Gasteiger partial charge in [-0.05, 0) is 17.9 Å². The summed E-state index contributed by atoms with van der Waals surface area (Å²) >= 11 is 1.63. The molecular weight excluding hydrogens is 316 g/mol. The van der Waals surface area contributed by atoms with Gasteiger partial charge < -0.3 is 14.5 Å². The first-order valence-corrected chi connectivity index (χ1v) is 8.39.